The van der Waals surface area contributed by atoms with Crippen LogP contribution >= 0.6 is 0 Å². The first kappa shape index (κ1) is 26.0. The van der Waals surface area contributed by atoms with Gasteiger partial charge in [-0.05, 0) is 68.9 Å². The summed E-state index contributed by atoms with van der Waals surface area (Å²) < 4.78 is 0. The molecule has 0 spiro atoms. The highest BCUT2D eigenvalue weighted by atomic mass is 16.4. The van der Waals surface area contributed by atoms with Crippen molar-refractivity contribution in [1.29, 1.82) is 0 Å². The van der Waals surface area contributed by atoms with Gasteiger partial charge in [0.1, 0.15) is 0 Å². The quantitative estimate of drug-likeness (QED) is 0.531. The molecule has 5 rings (SSSR count). The summed E-state index contributed by atoms with van der Waals surface area (Å²) in [7, 11) is 0. The molecule has 0 radical (unpaired) electrons. The van der Waals surface area contributed by atoms with Gasteiger partial charge in [0.25, 0.3) is 0 Å². The molecule has 2 heterocycles. The third kappa shape index (κ3) is 6.59. The van der Waals surface area contributed by atoms with Gasteiger partial charge in [-0.1, -0.05) is 60.4 Å². The molecule has 0 saturated carbocycles. The second-order valence-corrected chi connectivity index (χ2v) is 9.53. The maximum Gasteiger partial charge on any atom is 0.335 e. The zero-order chi connectivity index (χ0) is 26.2. The minimum Gasteiger partial charge on any atom is -0.478 e. The summed E-state index contributed by atoms with van der Waals surface area (Å²) in [5.41, 5.74) is 6.41. The van der Waals surface area contributed by atoms with E-state index in [0.717, 1.165) is 36.2 Å². The summed E-state index contributed by atoms with van der Waals surface area (Å²) in [6, 6.07) is 19.0. The van der Waals surface area contributed by atoms with Crippen LogP contribution in [0.2, 0.25) is 0 Å². The number of hydrogen-bond donors (Lipinski definition) is 2. The molecule has 1 atom stereocenters. The van der Waals surface area contributed by atoms with Crippen molar-refractivity contribution in [3.8, 4) is 11.8 Å². The predicted octanol–water partition coefficient (Wildman–Crippen LogP) is 5.77. The summed E-state index contributed by atoms with van der Waals surface area (Å²) in [5.74, 6) is 5.15. The molecule has 2 aromatic carbocycles. The molecule has 5 heteroatoms. The Balaban J connectivity index is 0.000000207. The normalized spacial score (nSPS) is 19.0. The second-order valence-electron chi connectivity index (χ2n) is 9.53. The number of nitrogens with zero attached hydrogens (tertiary/aromatic N) is 1. The standard InChI is InChI=1S/C21H17NO2.C11H17NO/c1-15-14-18(13-12-16-8-4-2-5-9-16)19(21(23)24)20(22-15)17-10-6-3-7-11-17;1-2-12-8-10(13)7-9-5-3-4-6-11(9)12/h2-11,14,18,22H,1H3,(H,23,24);2-8H2,1H3. The molecule has 0 bridgehead atoms. The second kappa shape index (κ2) is 12.3. The number of carboxylic acid groups (broad SMARTS) is 1. The van der Waals surface area contributed by atoms with Crippen LogP contribution in [0.1, 0.15) is 57.1 Å². The van der Waals surface area contributed by atoms with Crippen LogP contribution in [-0.4, -0.2) is 34.8 Å². The molecular weight excluding hydrogens is 460 g/mol. The Morgan fingerprint density at radius 3 is 2.41 bits per heavy atom. The number of likely N-dealkylation sites (N-methyl/N-ethyl adjacent to an activating group) is 1. The fourth-order valence-corrected chi connectivity index (χ4v) is 5.09. The van der Waals surface area contributed by atoms with Crippen molar-refractivity contribution in [1.82, 2.24) is 10.2 Å². The fourth-order valence-electron chi connectivity index (χ4n) is 5.09. The van der Waals surface area contributed by atoms with E-state index in [9.17, 15) is 14.7 Å². The van der Waals surface area contributed by atoms with Gasteiger partial charge in [-0.3, -0.25) is 4.79 Å². The van der Waals surface area contributed by atoms with E-state index in [1.54, 1.807) is 0 Å². The van der Waals surface area contributed by atoms with E-state index in [1.165, 1.54) is 30.5 Å². The number of carbonyl (C=O) groups excluding carboxylic acids is 1. The monoisotopic (exact) mass is 494 g/mol. The van der Waals surface area contributed by atoms with Crippen molar-refractivity contribution < 1.29 is 14.7 Å². The van der Waals surface area contributed by atoms with Crippen molar-refractivity contribution in [2.24, 2.45) is 5.92 Å². The third-order valence-electron chi connectivity index (χ3n) is 6.85. The number of rotatable bonds is 3. The van der Waals surface area contributed by atoms with E-state index in [4.69, 9.17) is 0 Å². The summed E-state index contributed by atoms with van der Waals surface area (Å²) in [6.45, 7) is 5.70. The van der Waals surface area contributed by atoms with E-state index in [-0.39, 0.29) is 5.57 Å². The highest BCUT2D eigenvalue weighted by Crippen LogP contribution is 2.32. The molecule has 0 saturated heterocycles. The van der Waals surface area contributed by atoms with Crippen LogP contribution in [0.5, 0.6) is 0 Å². The Kier molecular flexibility index (Phi) is 8.64. The Labute approximate surface area is 219 Å². The summed E-state index contributed by atoms with van der Waals surface area (Å²) in [5, 5.41) is 12.9. The van der Waals surface area contributed by atoms with Gasteiger partial charge in [-0.15, -0.1) is 0 Å². The van der Waals surface area contributed by atoms with Crippen LogP contribution < -0.4 is 5.32 Å². The van der Waals surface area contributed by atoms with Gasteiger partial charge in [0.05, 0.1) is 23.7 Å². The van der Waals surface area contributed by atoms with Gasteiger partial charge >= 0.3 is 5.97 Å². The number of aliphatic carboxylic acids is 1. The number of ketones is 1. The minimum atomic E-state index is -0.961. The lowest BCUT2D eigenvalue weighted by atomic mass is 9.89. The van der Waals surface area contributed by atoms with Crippen LogP contribution in [0.4, 0.5) is 0 Å². The van der Waals surface area contributed by atoms with E-state index >= 15 is 0 Å². The molecular formula is C32H34N2O3. The summed E-state index contributed by atoms with van der Waals surface area (Å²) in [4.78, 5) is 25.5. The molecule has 0 aromatic heterocycles. The first-order valence-electron chi connectivity index (χ1n) is 13.0. The van der Waals surface area contributed by atoms with E-state index < -0.39 is 11.9 Å². The number of carboxylic acids is 1. The smallest absolute Gasteiger partial charge is 0.335 e. The number of Topliss-reactive ketones (excluding diaryl/α,β-unsaturated/α-hetero) is 1. The first-order valence-corrected chi connectivity index (χ1v) is 13.0. The van der Waals surface area contributed by atoms with E-state index in [0.29, 0.717) is 18.0 Å². The van der Waals surface area contributed by atoms with E-state index in [1.807, 2.05) is 73.7 Å². The Morgan fingerprint density at radius 1 is 1.05 bits per heavy atom. The maximum atomic E-state index is 11.9. The van der Waals surface area contributed by atoms with Crippen LogP contribution in [0.15, 0.2) is 89.3 Å². The lowest BCUT2D eigenvalue weighted by molar-refractivity contribution is -0.133. The molecule has 3 aliphatic rings. The molecule has 2 aliphatic heterocycles. The Morgan fingerprint density at radius 2 is 1.73 bits per heavy atom. The number of hydrogen-bond acceptors (Lipinski definition) is 4. The molecule has 1 unspecified atom stereocenters. The lowest BCUT2D eigenvalue weighted by Crippen LogP contribution is -2.35. The van der Waals surface area contributed by atoms with Crippen LogP contribution in [0.3, 0.4) is 0 Å². The van der Waals surface area contributed by atoms with Crippen molar-refractivity contribution in [3.63, 3.8) is 0 Å². The third-order valence-corrected chi connectivity index (χ3v) is 6.85. The molecule has 190 valence electrons. The minimum absolute atomic E-state index is 0.273. The number of allylic oxidation sites excluding steroid dienone is 4. The predicted molar refractivity (Wildman–Crippen MR) is 147 cm³/mol. The van der Waals surface area contributed by atoms with Crippen molar-refractivity contribution in [2.75, 3.05) is 13.1 Å². The largest absolute Gasteiger partial charge is 0.478 e. The number of benzene rings is 2. The van der Waals surface area contributed by atoms with Crippen LogP contribution in [0.25, 0.3) is 5.70 Å². The SMILES string of the molecule is CC1=CC(C#Cc2ccccc2)C(C(=O)O)=C(c2ccccc2)N1.CCN1CC(=O)CC2=C1CCCC2. The van der Waals surface area contributed by atoms with Crippen LogP contribution in [0, 0.1) is 17.8 Å². The van der Waals surface area contributed by atoms with Gasteiger partial charge < -0.3 is 15.3 Å². The van der Waals surface area contributed by atoms with E-state index in [2.05, 4.69) is 29.0 Å². The summed E-state index contributed by atoms with van der Waals surface area (Å²) in [6.07, 6.45) is 7.55. The number of carbonyl (C=O) groups is 2. The molecule has 2 N–H and O–H groups in total. The van der Waals surface area contributed by atoms with Crippen molar-refractivity contribution in [2.45, 2.75) is 46.0 Å². The lowest BCUT2D eigenvalue weighted by Gasteiger charge is -2.34. The average molecular weight is 495 g/mol. The molecule has 0 fully saturated rings. The Hall–Kier alpha value is -4.04. The number of dihydropyridines is 1. The van der Waals surface area contributed by atoms with Gasteiger partial charge in [-0.25, -0.2) is 4.79 Å². The van der Waals surface area contributed by atoms with Gasteiger partial charge in [-0.2, -0.15) is 0 Å². The molecule has 0 amide bonds. The van der Waals surface area contributed by atoms with Gasteiger partial charge in [0, 0.05) is 29.9 Å². The van der Waals surface area contributed by atoms with Gasteiger partial charge in [0.15, 0.2) is 5.78 Å². The molecule has 5 nitrogen and oxygen atoms in total. The van der Waals surface area contributed by atoms with Gasteiger partial charge in [0.2, 0.25) is 0 Å². The highest BCUT2D eigenvalue weighted by molar-refractivity contribution is 5.98. The Bertz CT molecular complexity index is 1290. The molecule has 37 heavy (non-hydrogen) atoms. The van der Waals surface area contributed by atoms with Crippen LogP contribution in [-0.2, 0) is 9.59 Å². The average Bonchev–Trinajstić information content (AvgIpc) is 2.92. The topological polar surface area (TPSA) is 69.6 Å². The summed E-state index contributed by atoms with van der Waals surface area (Å²) >= 11 is 0. The fraction of sp³-hybridized carbons (Fsp3) is 0.312. The zero-order valence-corrected chi connectivity index (χ0v) is 21.6. The van der Waals surface area contributed by atoms with Crippen molar-refractivity contribution in [3.05, 3.63) is 100 Å². The maximum absolute atomic E-state index is 11.9. The first-order chi connectivity index (χ1) is 18.0. The molecule has 1 aliphatic carbocycles. The van der Waals surface area contributed by atoms with Crippen molar-refractivity contribution >= 4 is 17.4 Å². The zero-order valence-electron chi connectivity index (χ0n) is 21.6. The highest BCUT2D eigenvalue weighted by Gasteiger charge is 2.27. The number of nitrogens with one attached hydrogen (secondary N) is 1. The molecule has 2 aromatic rings.